The van der Waals surface area contributed by atoms with Crippen molar-refractivity contribution in [2.75, 3.05) is 32.7 Å². The van der Waals surface area contributed by atoms with Gasteiger partial charge in [-0.3, -0.25) is 9.36 Å². The topological polar surface area (TPSA) is 54.3 Å². The van der Waals surface area contributed by atoms with Gasteiger partial charge in [-0.15, -0.1) is 16.8 Å². The van der Waals surface area contributed by atoms with Crippen molar-refractivity contribution in [1.29, 1.82) is 0 Å². The second kappa shape index (κ2) is 11.0. The van der Waals surface area contributed by atoms with Crippen molar-refractivity contribution in [2.45, 2.75) is 24.4 Å². The smallest absolute Gasteiger partial charge is 0.253 e. The van der Waals surface area contributed by atoms with Crippen molar-refractivity contribution in [3.63, 3.8) is 0 Å². The molecule has 2 aromatic carbocycles. The Kier molecular flexibility index (Phi) is 7.85. The number of hydrogen-bond acceptors (Lipinski definition) is 5. The highest BCUT2D eigenvalue weighted by Gasteiger charge is 2.21. The van der Waals surface area contributed by atoms with Gasteiger partial charge in [-0.1, -0.05) is 60.6 Å². The minimum atomic E-state index is 0.111. The molecule has 0 N–H and O–H groups in total. The molecule has 0 saturated carbocycles. The largest absolute Gasteiger partial charge is 0.336 e. The van der Waals surface area contributed by atoms with E-state index in [1.807, 2.05) is 64.1 Å². The number of rotatable bonds is 8. The second-order valence-corrected chi connectivity index (χ2v) is 9.25. The third kappa shape index (κ3) is 5.49. The Hall–Kier alpha value is -2.61. The zero-order valence-corrected chi connectivity index (χ0v) is 20.4. The Morgan fingerprint density at radius 1 is 1.09 bits per heavy atom. The lowest BCUT2D eigenvalue weighted by Gasteiger charge is -2.34. The number of likely N-dealkylation sites (N-methyl/N-ethyl adjacent to an activating group) is 1. The minimum absolute atomic E-state index is 0.111. The summed E-state index contributed by atoms with van der Waals surface area (Å²) in [7, 11) is 0. The molecule has 0 aliphatic carbocycles. The lowest BCUT2D eigenvalue weighted by Crippen LogP contribution is -2.48. The van der Waals surface area contributed by atoms with Crippen molar-refractivity contribution >= 4 is 29.3 Å². The van der Waals surface area contributed by atoms with Crippen LogP contribution in [-0.2, 0) is 12.3 Å². The first-order chi connectivity index (χ1) is 16.1. The summed E-state index contributed by atoms with van der Waals surface area (Å²) in [6, 6.07) is 15.5. The molecule has 2 heterocycles. The lowest BCUT2D eigenvalue weighted by molar-refractivity contribution is 0.0643. The number of halogens is 1. The maximum absolute atomic E-state index is 12.8. The van der Waals surface area contributed by atoms with Gasteiger partial charge in [0.25, 0.3) is 5.91 Å². The number of thioether (sulfide) groups is 1. The van der Waals surface area contributed by atoms with Crippen LogP contribution in [0.4, 0.5) is 0 Å². The molecule has 0 radical (unpaired) electrons. The molecule has 1 amide bonds. The van der Waals surface area contributed by atoms with E-state index >= 15 is 0 Å². The molecule has 0 spiro atoms. The molecule has 0 unspecified atom stereocenters. The van der Waals surface area contributed by atoms with Crippen LogP contribution in [0.1, 0.15) is 22.8 Å². The van der Waals surface area contributed by atoms with E-state index in [1.54, 1.807) is 11.8 Å². The molecule has 3 aromatic rings. The minimum Gasteiger partial charge on any atom is -0.336 e. The van der Waals surface area contributed by atoms with E-state index < -0.39 is 0 Å². The summed E-state index contributed by atoms with van der Waals surface area (Å²) in [5.74, 6) is 1.56. The van der Waals surface area contributed by atoms with E-state index in [1.165, 1.54) is 0 Å². The third-order valence-electron chi connectivity index (χ3n) is 5.82. The highest BCUT2D eigenvalue weighted by molar-refractivity contribution is 7.98. The summed E-state index contributed by atoms with van der Waals surface area (Å²) in [6.07, 6.45) is 1.83. The monoisotopic (exact) mass is 481 g/mol. The van der Waals surface area contributed by atoms with Crippen LogP contribution in [0, 0.1) is 0 Å². The molecule has 1 aromatic heterocycles. The Bertz CT molecular complexity index is 1110. The average Bonchev–Trinajstić information content (AvgIpc) is 3.25. The van der Waals surface area contributed by atoms with Crippen LogP contribution in [0.5, 0.6) is 0 Å². The van der Waals surface area contributed by atoms with Gasteiger partial charge in [-0.2, -0.15) is 0 Å². The van der Waals surface area contributed by atoms with Crippen LogP contribution >= 0.6 is 23.4 Å². The van der Waals surface area contributed by atoms with Crippen LogP contribution < -0.4 is 0 Å². The molecule has 1 aliphatic heterocycles. The van der Waals surface area contributed by atoms with Gasteiger partial charge in [-0.25, -0.2) is 0 Å². The molecule has 6 nitrogen and oxygen atoms in total. The highest BCUT2D eigenvalue weighted by atomic mass is 35.5. The fourth-order valence-corrected chi connectivity index (χ4v) is 5.00. The predicted molar refractivity (Wildman–Crippen MR) is 135 cm³/mol. The van der Waals surface area contributed by atoms with Crippen LogP contribution in [0.15, 0.2) is 66.3 Å². The van der Waals surface area contributed by atoms with Gasteiger partial charge in [0.15, 0.2) is 11.0 Å². The Morgan fingerprint density at radius 2 is 1.82 bits per heavy atom. The first-order valence-corrected chi connectivity index (χ1v) is 12.5. The van der Waals surface area contributed by atoms with Crippen molar-refractivity contribution in [3.05, 3.63) is 77.3 Å². The van der Waals surface area contributed by atoms with Crippen LogP contribution in [-0.4, -0.2) is 63.2 Å². The number of amides is 1. The van der Waals surface area contributed by atoms with Gasteiger partial charge in [0.1, 0.15) is 0 Å². The summed E-state index contributed by atoms with van der Waals surface area (Å²) in [5, 5.41) is 10.2. The quantitative estimate of drug-likeness (QED) is 0.340. The summed E-state index contributed by atoms with van der Waals surface area (Å²) in [4.78, 5) is 17.1. The van der Waals surface area contributed by atoms with Gasteiger partial charge >= 0.3 is 0 Å². The summed E-state index contributed by atoms with van der Waals surface area (Å²) >= 11 is 7.98. The number of nitrogens with zero attached hydrogens (tertiary/aromatic N) is 5. The van der Waals surface area contributed by atoms with Crippen LogP contribution in [0.25, 0.3) is 11.4 Å². The molecule has 33 heavy (non-hydrogen) atoms. The predicted octanol–water partition coefficient (Wildman–Crippen LogP) is 4.85. The molecule has 172 valence electrons. The maximum atomic E-state index is 12.8. The van der Waals surface area contributed by atoms with E-state index in [9.17, 15) is 4.79 Å². The van der Waals surface area contributed by atoms with Gasteiger partial charge in [-0.05, 0) is 36.4 Å². The van der Waals surface area contributed by atoms with E-state index in [2.05, 4.69) is 28.6 Å². The third-order valence-corrected chi connectivity index (χ3v) is 7.19. The number of aromatic nitrogens is 3. The molecule has 1 saturated heterocycles. The lowest BCUT2D eigenvalue weighted by atomic mass is 10.1. The van der Waals surface area contributed by atoms with Gasteiger partial charge < -0.3 is 9.80 Å². The molecule has 8 heteroatoms. The maximum Gasteiger partial charge on any atom is 0.253 e. The van der Waals surface area contributed by atoms with E-state index in [0.29, 0.717) is 11.6 Å². The van der Waals surface area contributed by atoms with Gasteiger partial charge in [0.05, 0.1) is 5.02 Å². The van der Waals surface area contributed by atoms with E-state index in [0.717, 1.165) is 66.1 Å². The first kappa shape index (κ1) is 23.5. The molecule has 1 aliphatic rings. The number of piperazine rings is 1. The fraction of sp³-hybridized carbons (Fsp3) is 0.320. The highest BCUT2D eigenvalue weighted by Crippen LogP contribution is 2.30. The summed E-state index contributed by atoms with van der Waals surface area (Å²) < 4.78 is 2.02. The molecule has 0 atom stereocenters. The number of benzene rings is 2. The van der Waals surface area contributed by atoms with E-state index in [-0.39, 0.29) is 5.91 Å². The summed E-state index contributed by atoms with van der Waals surface area (Å²) in [6.45, 7) is 11.1. The molecular weight excluding hydrogens is 454 g/mol. The fourth-order valence-electron chi connectivity index (χ4n) is 3.87. The Morgan fingerprint density at radius 3 is 2.48 bits per heavy atom. The Balaban J connectivity index is 1.42. The molecular formula is C25H28ClN5OS. The standard InChI is InChI=1S/C25H28ClN5OS/c1-3-13-31-23(21-7-5-6-8-22(21)26)27-28-25(31)33-18-19-9-11-20(12-10-19)24(32)30-16-14-29(4-2)15-17-30/h3,5-12H,1,4,13-18H2,2H3. The van der Waals surface area contributed by atoms with Crippen molar-refractivity contribution in [3.8, 4) is 11.4 Å². The zero-order chi connectivity index (χ0) is 23.2. The van der Waals surface area contributed by atoms with Crippen molar-refractivity contribution in [2.24, 2.45) is 0 Å². The number of carbonyl (C=O) groups excluding carboxylic acids is 1. The van der Waals surface area contributed by atoms with Gasteiger partial charge in [0, 0.05) is 49.6 Å². The molecule has 0 bridgehead atoms. The number of hydrogen-bond donors (Lipinski definition) is 0. The number of carbonyl (C=O) groups is 1. The molecule has 1 fully saturated rings. The zero-order valence-electron chi connectivity index (χ0n) is 18.8. The molecule has 4 rings (SSSR count). The first-order valence-electron chi connectivity index (χ1n) is 11.1. The van der Waals surface area contributed by atoms with E-state index in [4.69, 9.17) is 11.6 Å². The SMILES string of the molecule is C=CCn1c(SCc2ccc(C(=O)N3CCN(CC)CC3)cc2)nnc1-c1ccccc1Cl. The summed E-state index contributed by atoms with van der Waals surface area (Å²) in [5.41, 5.74) is 2.72. The van der Waals surface area contributed by atoms with Gasteiger partial charge in [0.2, 0.25) is 0 Å². The second-order valence-electron chi connectivity index (χ2n) is 7.90. The van der Waals surface area contributed by atoms with Crippen molar-refractivity contribution in [1.82, 2.24) is 24.6 Å². The van der Waals surface area contributed by atoms with Crippen molar-refractivity contribution < 1.29 is 4.79 Å². The normalized spacial score (nSPS) is 14.4. The average molecular weight is 482 g/mol. The van der Waals surface area contributed by atoms with Crippen LogP contribution in [0.3, 0.4) is 0 Å². The number of allylic oxidation sites excluding steroid dienone is 1. The Labute approximate surface area is 204 Å². The van der Waals surface area contributed by atoms with Crippen LogP contribution in [0.2, 0.25) is 5.02 Å².